The number of hydrogen-bond acceptors (Lipinski definition) is 35. The predicted octanol–water partition coefficient (Wildman–Crippen LogP) is -1.51. The van der Waals surface area contributed by atoms with Gasteiger partial charge in [0.05, 0.1) is 57.3 Å². The van der Waals surface area contributed by atoms with Crippen LogP contribution in [0.5, 0.6) is 0 Å². The summed E-state index contributed by atoms with van der Waals surface area (Å²) in [6.07, 6.45) is -24.7. The van der Waals surface area contributed by atoms with Gasteiger partial charge in [-0.15, -0.1) is 0 Å². The van der Waals surface area contributed by atoms with Crippen molar-refractivity contribution in [3.8, 4) is 0 Å². The Balaban J connectivity index is 0.000000184. The zero-order valence-corrected chi connectivity index (χ0v) is 80.2. The van der Waals surface area contributed by atoms with Crippen molar-refractivity contribution < 1.29 is 213 Å². The number of fused-ring (bicyclic) bond motifs is 2. The summed E-state index contributed by atoms with van der Waals surface area (Å²) in [7, 11) is -43.1. The monoisotopic (exact) mass is 2240 g/mol. The number of benzene rings is 4. The van der Waals surface area contributed by atoms with Gasteiger partial charge in [0.25, 0.3) is 28.2 Å². The van der Waals surface area contributed by atoms with Crippen molar-refractivity contribution in [3.63, 3.8) is 0 Å². The van der Waals surface area contributed by atoms with Crippen LogP contribution in [0.25, 0.3) is 21.9 Å². The molecule has 4 aliphatic heterocycles. The van der Waals surface area contributed by atoms with Crippen LogP contribution >= 0.6 is 60.8 Å². The van der Waals surface area contributed by atoms with E-state index in [1.54, 1.807) is 48.1 Å². The summed E-state index contributed by atoms with van der Waals surface area (Å²) in [6.45, 7) is -6.67. The van der Waals surface area contributed by atoms with E-state index in [4.69, 9.17) is 62.6 Å². The molecule has 4 aromatic carbocycles. The van der Waals surface area contributed by atoms with Crippen LogP contribution in [0.3, 0.4) is 0 Å². The highest BCUT2D eigenvalue weighted by atomic mass is 31.3. The van der Waals surface area contributed by atoms with Crippen molar-refractivity contribution in [2.45, 2.75) is 147 Å². The standard InChI is InChI=1S/C19H24N4O11P2.2C18H20F4N2O11P2.C18H21N3O12P2/c1-21-13-5-3-2-4-11(13)12(20-21)8-23-15(24)6-7-22(19(23)27)18-17(26)16(25)14(34-18)9-33-36(31,32)10-35(28,29)30;19-10-2-1-9(11(20)7-10)3-5-23-13(25)4-6-24(17(23)28)16-15(27)14(26)12(35-16)8-34-37(32,33)18(21,22)36(29,30)31;19-17(20,10-4-2-1-3-5-10)9-24-12(25)6-7-23(16(24)28)15-14(27)13(26)11(35-15)8-34-37(32,33)18(21,22)36(29,30)31;22-14-5-6-20(18(25)21(14)7-11-10-3-1-2-4-12(10)33-19-11)17-16(24)15(23)13(32-17)8-31-35(29,30)9-34(26,27)28/h2-7,14,16-18,25-26H,8-10H2,1H3,(H,31,32)(H2,28,29,30);1-2,4,6-7,12,14-16,26-27H,3,5,8H2,(H,32,33)(H2,29,30,31);1-7,11,13-15,26-27H,8-9H2,(H,32,33)(H2,29,30,31);1-6,13,15-17,23-24H,7-9H2,(H,29,30)(H2,26,27,28)/t14-,16+,17?,18-;12-,14+,15?,16-;11-,13+,14?,15-;13-,15+,16?,17-/m1111/s1. The third kappa shape index (κ3) is 26.6. The number of aromatic nitrogens is 11. The van der Waals surface area contributed by atoms with Gasteiger partial charge in [-0.3, -0.25) is 96.9 Å². The molecule has 4 fully saturated rings. The summed E-state index contributed by atoms with van der Waals surface area (Å²) < 4.78 is 252. The second-order valence-corrected chi connectivity index (χ2v) is 47.7. The third-order valence-corrected chi connectivity index (χ3v) is 35.5. The van der Waals surface area contributed by atoms with E-state index in [0.717, 1.165) is 96.4 Å². The van der Waals surface area contributed by atoms with Crippen molar-refractivity contribution in [1.82, 2.24) is 51.5 Å². The van der Waals surface area contributed by atoms with Crippen LogP contribution in [-0.2, 0) is 119 Å². The first-order chi connectivity index (χ1) is 67.0. The molecule has 4 saturated heterocycles. The number of hydrogen-bond donors (Lipinski definition) is 20. The van der Waals surface area contributed by atoms with E-state index in [0.29, 0.717) is 48.2 Å². The smallest absolute Gasteiger partial charge is 0.387 e. The van der Waals surface area contributed by atoms with E-state index in [1.165, 1.54) is 18.2 Å². The molecule has 20 atom stereocenters. The number of para-hydroxylation sites is 2. The highest BCUT2D eigenvalue weighted by Gasteiger charge is 2.67. The molecular weight excluding hydrogens is 2150 g/mol. The lowest BCUT2D eigenvalue weighted by atomic mass is 10.1. The van der Waals surface area contributed by atoms with Crippen LogP contribution in [0.1, 0.15) is 47.4 Å². The van der Waals surface area contributed by atoms with E-state index in [2.05, 4.69) is 28.4 Å². The van der Waals surface area contributed by atoms with Crippen molar-refractivity contribution in [2.24, 2.45) is 7.05 Å². The van der Waals surface area contributed by atoms with Gasteiger partial charge in [-0.1, -0.05) is 71.9 Å². The van der Waals surface area contributed by atoms with Crippen LogP contribution in [0.4, 0.5) is 35.1 Å². The summed E-state index contributed by atoms with van der Waals surface area (Å²) in [5.41, 5.74) is -6.16. The quantitative estimate of drug-likeness (QED) is 0.0161. The van der Waals surface area contributed by atoms with Gasteiger partial charge in [0.15, 0.2) is 42.3 Å². The Morgan fingerprint density at radius 1 is 0.400 bits per heavy atom. The van der Waals surface area contributed by atoms with Crippen molar-refractivity contribution in [1.29, 1.82) is 0 Å². The van der Waals surface area contributed by atoms with E-state index >= 15 is 0 Å². The summed E-state index contributed by atoms with van der Waals surface area (Å²) in [5, 5.41) is 80.9. The Hall–Kier alpha value is -9.30. The number of halogens is 8. The molecule has 0 amide bonds. The minimum Gasteiger partial charge on any atom is -0.387 e. The Labute approximate surface area is 800 Å². The first kappa shape index (κ1) is 116. The van der Waals surface area contributed by atoms with Gasteiger partial charge in [-0.2, -0.15) is 31.4 Å². The highest BCUT2D eigenvalue weighted by molar-refractivity contribution is 7.73. The zero-order chi connectivity index (χ0) is 108. The number of alkyl halides is 6. The summed E-state index contributed by atoms with van der Waals surface area (Å²) in [5.74, 6) is -8.35. The molecule has 0 spiro atoms. The molecule has 0 radical (unpaired) electrons. The molecule has 8 unspecified atom stereocenters. The fourth-order valence-electron chi connectivity index (χ4n) is 14.4. The maximum Gasteiger partial charge on any atom is 0.443 e. The Kier molecular flexibility index (Phi) is 35.9. The number of aryl methyl sites for hydroxylation is 2. The number of aliphatic hydroxyl groups is 8. The SMILES string of the molecule is Cn1nc(Cn2c(=O)ccn([C@@H]3O[C@H](COP(=O)(O)CP(=O)(O)O)[C@H](O)C3O)c2=O)c2ccccc21.O=c1ccn([C@@H]2O[C@H](COP(=O)(O)C(F)(F)P(=O)(O)O)[C@H](O)C2O)c(=O)n1CC(F)(F)c1ccccc1.O=c1ccn([C@@H]2O[C@H](COP(=O)(O)C(F)(F)P(=O)(O)O)[C@H](O)C2O)c(=O)n1CCc1ccc(F)cc1F.O=c1ccn([C@@H]2O[C@H](COP(=O)(O)CP(=O)(O)O)[C@H](O)C2O)c(=O)n1Cc1noc2ccccc12. The van der Waals surface area contributed by atoms with Gasteiger partial charge >= 0.3 is 94.3 Å². The normalized spacial score (nSPS) is 24.4. The molecule has 798 valence electrons. The number of nitrogens with zero attached hydrogens (tertiary/aromatic N) is 11. The number of ether oxygens (including phenoxy) is 4. The molecular formula is C73H85F8N11O45P8. The fraction of sp³-hybridized carbons (Fsp3) is 0.425. The molecule has 145 heavy (non-hydrogen) atoms. The summed E-state index contributed by atoms with van der Waals surface area (Å²) >= 11 is 0. The van der Waals surface area contributed by atoms with E-state index < -0.39 is 289 Å². The molecule has 0 saturated carbocycles. The van der Waals surface area contributed by atoms with Gasteiger partial charge in [-0.25, -0.2) is 28.0 Å². The molecule has 6 aromatic heterocycles. The van der Waals surface area contributed by atoms with Gasteiger partial charge in [0, 0.05) is 85.0 Å². The van der Waals surface area contributed by atoms with Crippen LogP contribution in [0.15, 0.2) is 189 Å². The van der Waals surface area contributed by atoms with E-state index in [1.807, 2.05) is 12.1 Å². The molecule has 0 aliphatic carbocycles. The lowest BCUT2D eigenvalue weighted by Crippen LogP contribution is -2.45. The maximum atomic E-state index is 14.7. The molecule has 10 aromatic rings. The topological polar surface area (TPSA) is 835 Å². The summed E-state index contributed by atoms with van der Waals surface area (Å²) in [6, 6.07) is 26.6. The average Bonchev–Trinajstić information content (AvgIpc) is 1.65. The first-order valence-corrected chi connectivity index (χ1v) is 54.3. The van der Waals surface area contributed by atoms with Crippen molar-refractivity contribution in [2.75, 3.05) is 38.2 Å². The second-order valence-electron chi connectivity index (χ2n) is 32.0. The third-order valence-electron chi connectivity index (χ3n) is 21.7. The Morgan fingerprint density at radius 3 is 1.14 bits per heavy atom. The zero-order valence-electron chi connectivity index (χ0n) is 73.0. The van der Waals surface area contributed by atoms with Crippen molar-refractivity contribution in [3.05, 3.63) is 264 Å². The van der Waals surface area contributed by atoms with Crippen LogP contribution in [0.2, 0.25) is 0 Å². The predicted molar refractivity (Wildman–Crippen MR) is 468 cm³/mol. The van der Waals surface area contributed by atoms with E-state index in [9.17, 15) is 170 Å². The number of aliphatic hydroxyl groups excluding tert-OH is 8. The first-order valence-electron chi connectivity index (χ1n) is 40.8. The Bertz CT molecular complexity index is 7370. The maximum absolute atomic E-state index is 14.7. The van der Waals surface area contributed by atoms with Gasteiger partial charge in [-0.05, 0) is 36.2 Å². The highest BCUT2D eigenvalue weighted by Crippen LogP contribution is 2.74. The molecule has 0 bridgehead atoms. The lowest BCUT2D eigenvalue weighted by molar-refractivity contribution is -0.0572. The second kappa shape index (κ2) is 44.9. The van der Waals surface area contributed by atoms with Crippen LogP contribution < -0.4 is 45.0 Å². The summed E-state index contributed by atoms with van der Waals surface area (Å²) in [4.78, 5) is 209. The molecule has 10 heterocycles. The molecule has 14 rings (SSSR count). The van der Waals surface area contributed by atoms with Gasteiger partial charge in [0.2, 0.25) is 0 Å². The van der Waals surface area contributed by atoms with Crippen LogP contribution in [0, 0.1) is 11.6 Å². The number of rotatable bonds is 34. The lowest BCUT2D eigenvalue weighted by Gasteiger charge is -2.24. The van der Waals surface area contributed by atoms with Gasteiger partial charge < -0.3 is 141 Å². The fourth-order valence-corrected chi connectivity index (χ4v) is 23.5. The Morgan fingerprint density at radius 2 is 0.745 bits per heavy atom. The molecule has 20 N–H and O–H groups in total. The minimum atomic E-state index is -6.46. The van der Waals surface area contributed by atoms with Crippen LogP contribution in [-0.4, -0.2) is 273 Å². The largest absolute Gasteiger partial charge is 0.443 e. The minimum absolute atomic E-state index is 0.0200. The molecule has 72 heteroatoms. The van der Waals surface area contributed by atoms with Gasteiger partial charge in [0.1, 0.15) is 90.6 Å². The molecule has 56 nitrogen and oxygen atoms in total. The molecule has 4 aliphatic rings. The van der Waals surface area contributed by atoms with E-state index in [-0.39, 0.29) is 29.6 Å². The average molecular weight is 2240 g/mol. The van der Waals surface area contributed by atoms with Crippen molar-refractivity contribution >= 4 is 82.6 Å².